The van der Waals surface area contributed by atoms with Crippen LogP contribution in [0.25, 0.3) is 0 Å². The molecule has 1 atom stereocenters. The third kappa shape index (κ3) is 3.27. The SMILES string of the molecule is C[C@H](CO)N1Cc2c(ccc(Cl)c2NC(=O)CC23CC4CC(CC(C4)C2)C3)C1=O. The van der Waals surface area contributed by atoms with Gasteiger partial charge >= 0.3 is 0 Å². The first-order valence-corrected chi connectivity index (χ1v) is 11.3. The van der Waals surface area contributed by atoms with Gasteiger partial charge in [0, 0.05) is 24.1 Å². The van der Waals surface area contributed by atoms with Crippen molar-refractivity contribution < 1.29 is 14.7 Å². The average Bonchev–Trinajstić information content (AvgIpc) is 2.99. The van der Waals surface area contributed by atoms with E-state index < -0.39 is 0 Å². The number of nitrogens with one attached hydrogen (secondary N) is 1. The van der Waals surface area contributed by atoms with E-state index in [2.05, 4.69) is 5.32 Å². The highest BCUT2D eigenvalue weighted by Gasteiger charge is 2.51. The number of rotatable bonds is 5. The first-order chi connectivity index (χ1) is 13.9. The van der Waals surface area contributed by atoms with Crippen LogP contribution in [0.3, 0.4) is 0 Å². The van der Waals surface area contributed by atoms with Gasteiger partial charge < -0.3 is 15.3 Å². The van der Waals surface area contributed by atoms with Gasteiger partial charge in [0.15, 0.2) is 0 Å². The summed E-state index contributed by atoms with van der Waals surface area (Å²) in [6, 6.07) is 3.13. The van der Waals surface area contributed by atoms with Crippen LogP contribution in [0.15, 0.2) is 12.1 Å². The fourth-order valence-corrected chi connectivity index (χ4v) is 7.23. The van der Waals surface area contributed by atoms with E-state index in [0.29, 0.717) is 29.2 Å². The molecule has 1 heterocycles. The Bertz CT molecular complexity index is 833. The number of aliphatic hydroxyl groups excluding tert-OH is 1. The zero-order valence-corrected chi connectivity index (χ0v) is 17.7. The van der Waals surface area contributed by atoms with Crippen molar-refractivity contribution in [1.29, 1.82) is 0 Å². The number of halogens is 1. The summed E-state index contributed by atoms with van der Waals surface area (Å²) in [5.41, 5.74) is 2.07. The molecule has 156 valence electrons. The molecule has 0 aromatic heterocycles. The quantitative estimate of drug-likeness (QED) is 0.754. The van der Waals surface area contributed by atoms with Crippen LogP contribution in [0.2, 0.25) is 5.02 Å². The molecule has 6 heteroatoms. The summed E-state index contributed by atoms with van der Waals surface area (Å²) < 4.78 is 0. The van der Waals surface area contributed by atoms with Gasteiger partial charge in [0.25, 0.3) is 5.91 Å². The van der Waals surface area contributed by atoms with E-state index in [9.17, 15) is 14.7 Å². The maximum absolute atomic E-state index is 13.1. The van der Waals surface area contributed by atoms with E-state index in [1.54, 1.807) is 17.0 Å². The van der Waals surface area contributed by atoms with Gasteiger partial charge in [-0.25, -0.2) is 0 Å². The highest BCUT2D eigenvalue weighted by atomic mass is 35.5. The number of benzene rings is 1. The van der Waals surface area contributed by atoms with Gasteiger partial charge in [0.1, 0.15) is 0 Å². The van der Waals surface area contributed by atoms with E-state index >= 15 is 0 Å². The lowest BCUT2D eigenvalue weighted by molar-refractivity contribution is -0.124. The number of anilines is 1. The number of hydrogen-bond acceptors (Lipinski definition) is 3. The van der Waals surface area contributed by atoms with Crippen molar-refractivity contribution in [2.75, 3.05) is 11.9 Å². The summed E-state index contributed by atoms with van der Waals surface area (Å²) in [4.78, 5) is 27.4. The minimum atomic E-state index is -0.274. The Kier molecular flexibility index (Phi) is 4.67. The second-order valence-corrected chi connectivity index (χ2v) is 10.5. The molecule has 6 rings (SSSR count). The number of carbonyl (C=O) groups excluding carboxylic acids is 2. The van der Waals surface area contributed by atoms with Gasteiger partial charge in [0.05, 0.1) is 23.4 Å². The number of amides is 2. The molecule has 0 spiro atoms. The maximum Gasteiger partial charge on any atom is 0.254 e. The van der Waals surface area contributed by atoms with Crippen LogP contribution in [0.5, 0.6) is 0 Å². The monoisotopic (exact) mass is 416 g/mol. The van der Waals surface area contributed by atoms with Crippen molar-refractivity contribution in [2.24, 2.45) is 23.2 Å². The fraction of sp³-hybridized carbons (Fsp3) is 0.652. The molecule has 0 radical (unpaired) electrons. The van der Waals surface area contributed by atoms with Gasteiger partial charge in [-0.05, 0) is 80.8 Å². The summed E-state index contributed by atoms with van der Waals surface area (Å²) in [5, 5.41) is 13.0. The Morgan fingerprint density at radius 2 is 1.86 bits per heavy atom. The second-order valence-electron chi connectivity index (χ2n) is 10.1. The zero-order chi connectivity index (χ0) is 20.3. The summed E-state index contributed by atoms with van der Waals surface area (Å²) in [6.07, 6.45) is 8.20. The molecule has 4 aliphatic carbocycles. The molecule has 4 saturated carbocycles. The normalized spacial score (nSPS) is 33.1. The summed E-state index contributed by atoms with van der Waals surface area (Å²) >= 11 is 6.44. The lowest BCUT2D eigenvalue weighted by atomic mass is 9.49. The zero-order valence-electron chi connectivity index (χ0n) is 16.9. The van der Waals surface area contributed by atoms with Gasteiger partial charge in [-0.1, -0.05) is 11.6 Å². The number of carbonyl (C=O) groups is 2. The summed E-state index contributed by atoms with van der Waals surface area (Å²) in [7, 11) is 0. The lowest BCUT2D eigenvalue weighted by Gasteiger charge is -2.56. The second kappa shape index (κ2) is 6.98. The highest BCUT2D eigenvalue weighted by Crippen LogP contribution is 2.61. The van der Waals surface area contributed by atoms with Crippen molar-refractivity contribution >= 4 is 29.1 Å². The van der Waals surface area contributed by atoms with Gasteiger partial charge in [-0.2, -0.15) is 0 Å². The maximum atomic E-state index is 13.1. The Hall–Kier alpha value is -1.59. The summed E-state index contributed by atoms with van der Waals surface area (Å²) in [6.45, 7) is 2.08. The smallest absolute Gasteiger partial charge is 0.254 e. The van der Waals surface area contributed by atoms with Crippen LogP contribution in [0.4, 0.5) is 5.69 Å². The number of aliphatic hydroxyl groups is 1. The van der Waals surface area contributed by atoms with E-state index in [1.807, 2.05) is 6.92 Å². The molecule has 2 N–H and O–H groups in total. The van der Waals surface area contributed by atoms with Gasteiger partial charge in [-0.3, -0.25) is 9.59 Å². The van der Waals surface area contributed by atoms with Crippen molar-refractivity contribution in [3.05, 3.63) is 28.3 Å². The Morgan fingerprint density at radius 3 is 2.45 bits per heavy atom. The highest BCUT2D eigenvalue weighted by molar-refractivity contribution is 6.34. The number of fused-ring (bicyclic) bond motifs is 1. The van der Waals surface area contributed by atoms with Crippen LogP contribution in [0, 0.1) is 23.2 Å². The summed E-state index contributed by atoms with van der Waals surface area (Å²) in [5.74, 6) is 2.33. The molecule has 29 heavy (non-hydrogen) atoms. The Morgan fingerprint density at radius 1 is 1.24 bits per heavy atom. The average molecular weight is 417 g/mol. The first-order valence-electron chi connectivity index (χ1n) is 10.9. The van der Waals surface area contributed by atoms with Crippen LogP contribution in [-0.2, 0) is 11.3 Å². The number of nitrogens with zero attached hydrogens (tertiary/aromatic N) is 1. The largest absolute Gasteiger partial charge is 0.394 e. The van der Waals surface area contributed by atoms with Gasteiger partial charge in [-0.15, -0.1) is 0 Å². The molecule has 5 nitrogen and oxygen atoms in total. The molecule has 1 aromatic rings. The van der Waals surface area contributed by atoms with E-state index in [0.717, 1.165) is 23.3 Å². The third-order valence-electron chi connectivity index (χ3n) is 7.84. The standard InChI is InChI=1S/C23H29ClN2O3/c1-13(12-27)26-11-18-17(22(26)29)2-3-19(24)21(18)25-20(28)10-23-7-14-4-15(8-23)6-16(5-14)9-23/h2-3,13-16,27H,4-12H2,1H3,(H,25,28)/t13-,14?,15?,16?,23?/m1/s1. The third-order valence-corrected chi connectivity index (χ3v) is 8.16. The van der Waals surface area contributed by atoms with Crippen molar-refractivity contribution in [1.82, 2.24) is 4.90 Å². The Labute approximate surface area is 176 Å². The van der Waals surface area contributed by atoms with E-state index in [4.69, 9.17) is 11.6 Å². The topological polar surface area (TPSA) is 69.6 Å². The van der Waals surface area contributed by atoms with Crippen molar-refractivity contribution in [2.45, 2.75) is 64.5 Å². The molecular formula is C23H29ClN2O3. The number of hydrogen-bond donors (Lipinski definition) is 2. The molecule has 4 fully saturated rings. The molecule has 2 amide bonds. The van der Waals surface area contributed by atoms with Crippen LogP contribution in [0.1, 0.15) is 67.8 Å². The Balaban J connectivity index is 1.35. The predicted octanol–water partition coefficient (Wildman–Crippen LogP) is 4.22. The molecule has 1 aromatic carbocycles. The molecule has 4 bridgehead atoms. The molecular weight excluding hydrogens is 388 g/mol. The van der Waals surface area contributed by atoms with Crippen LogP contribution >= 0.6 is 11.6 Å². The predicted molar refractivity (Wildman–Crippen MR) is 112 cm³/mol. The lowest BCUT2D eigenvalue weighted by Crippen LogP contribution is -2.47. The van der Waals surface area contributed by atoms with Gasteiger partial charge in [0.2, 0.25) is 5.91 Å². The molecule has 5 aliphatic rings. The van der Waals surface area contributed by atoms with Crippen molar-refractivity contribution in [3.63, 3.8) is 0 Å². The minimum absolute atomic E-state index is 0.0170. The first kappa shape index (κ1) is 19.4. The van der Waals surface area contributed by atoms with E-state index in [-0.39, 0.29) is 29.9 Å². The minimum Gasteiger partial charge on any atom is -0.394 e. The molecule has 1 aliphatic heterocycles. The van der Waals surface area contributed by atoms with Crippen LogP contribution < -0.4 is 5.32 Å². The van der Waals surface area contributed by atoms with Crippen LogP contribution in [-0.4, -0.2) is 34.5 Å². The molecule has 0 unspecified atom stereocenters. The van der Waals surface area contributed by atoms with Crippen molar-refractivity contribution in [3.8, 4) is 0 Å². The molecule has 0 saturated heterocycles. The fourth-order valence-electron chi connectivity index (χ4n) is 7.00. The van der Waals surface area contributed by atoms with E-state index in [1.165, 1.54) is 38.5 Å².